The Morgan fingerprint density at radius 2 is 1.73 bits per heavy atom. The number of rotatable bonds is 5. The number of nitrogens with one attached hydrogen (secondary N) is 1. The van der Waals surface area contributed by atoms with Crippen molar-refractivity contribution in [2.75, 3.05) is 0 Å². The second-order valence-electron chi connectivity index (χ2n) is 4.53. The minimum Gasteiger partial charge on any atom is -0.479 e. The van der Waals surface area contributed by atoms with Crippen molar-refractivity contribution in [2.45, 2.75) is 12.6 Å². The van der Waals surface area contributed by atoms with Crippen LogP contribution in [0.1, 0.15) is 17.2 Å². The topological polar surface area (TPSA) is 75.6 Å². The van der Waals surface area contributed by atoms with Crippen molar-refractivity contribution >= 4 is 12.1 Å². The third-order valence-corrected chi connectivity index (χ3v) is 2.93. The van der Waals surface area contributed by atoms with Gasteiger partial charge in [-0.25, -0.2) is 14.0 Å². The predicted octanol–water partition coefficient (Wildman–Crippen LogP) is 2.88. The van der Waals surface area contributed by atoms with E-state index in [2.05, 4.69) is 5.32 Å². The van der Waals surface area contributed by atoms with Gasteiger partial charge in [0.1, 0.15) is 12.4 Å². The smallest absolute Gasteiger partial charge is 0.408 e. The van der Waals surface area contributed by atoms with Gasteiger partial charge in [0.05, 0.1) is 0 Å². The summed E-state index contributed by atoms with van der Waals surface area (Å²) in [5, 5.41) is 11.4. The lowest BCUT2D eigenvalue weighted by Gasteiger charge is -2.15. The maximum absolute atomic E-state index is 12.9. The van der Waals surface area contributed by atoms with E-state index in [1.165, 1.54) is 12.1 Å². The number of hydrogen-bond donors (Lipinski definition) is 2. The van der Waals surface area contributed by atoms with Crippen LogP contribution in [0.4, 0.5) is 9.18 Å². The fraction of sp³-hybridized carbons (Fsp3) is 0.125. The second-order valence-corrected chi connectivity index (χ2v) is 4.53. The highest BCUT2D eigenvalue weighted by molar-refractivity contribution is 5.81. The van der Waals surface area contributed by atoms with E-state index in [9.17, 15) is 14.0 Å². The lowest BCUT2D eigenvalue weighted by Crippen LogP contribution is -2.34. The van der Waals surface area contributed by atoms with Gasteiger partial charge in [0.2, 0.25) is 0 Å². The zero-order chi connectivity index (χ0) is 15.9. The lowest BCUT2D eigenvalue weighted by molar-refractivity contribution is -0.139. The van der Waals surface area contributed by atoms with Crippen molar-refractivity contribution in [3.8, 4) is 0 Å². The number of carboxylic acids is 1. The van der Waals surface area contributed by atoms with Gasteiger partial charge in [-0.15, -0.1) is 0 Å². The maximum atomic E-state index is 12.9. The minimum absolute atomic E-state index is 0.0302. The average molecular weight is 303 g/mol. The second kappa shape index (κ2) is 7.21. The Labute approximate surface area is 126 Å². The number of benzene rings is 2. The molecular formula is C16H14FNO4. The highest BCUT2D eigenvalue weighted by atomic mass is 19.1. The first-order chi connectivity index (χ1) is 10.6. The summed E-state index contributed by atoms with van der Waals surface area (Å²) in [5.74, 6) is -1.75. The number of carbonyl (C=O) groups is 2. The Balaban J connectivity index is 1.97. The summed E-state index contributed by atoms with van der Waals surface area (Å²) in [6.07, 6.45) is -0.861. The van der Waals surface area contributed by atoms with Crippen LogP contribution in [0.2, 0.25) is 0 Å². The van der Waals surface area contributed by atoms with Gasteiger partial charge in [0, 0.05) is 0 Å². The van der Waals surface area contributed by atoms with E-state index in [0.29, 0.717) is 0 Å². The number of ether oxygens (including phenoxy) is 1. The van der Waals surface area contributed by atoms with Crippen molar-refractivity contribution in [2.24, 2.45) is 0 Å². The van der Waals surface area contributed by atoms with E-state index in [4.69, 9.17) is 9.84 Å². The largest absolute Gasteiger partial charge is 0.479 e. The SMILES string of the molecule is O=C(N[C@H](C(=O)O)c1ccc(F)cc1)OCc1ccccc1. The van der Waals surface area contributed by atoms with Gasteiger partial charge in [-0.2, -0.15) is 0 Å². The number of alkyl carbamates (subject to hydrolysis) is 1. The maximum Gasteiger partial charge on any atom is 0.408 e. The van der Waals surface area contributed by atoms with E-state index < -0.39 is 23.9 Å². The highest BCUT2D eigenvalue weighted by Crippen LogP contribution is 2.14. The lowest BCUT2D eigenvalue weighted by atomic mass is 10.1. The summed E-state index contributed by atoms with van der Waals surface area (Å²) in [6, 6.07) is 12.5. The zero-order valence-electron chi connectivity index (χ0n) is 11.5. The van der Waals surface area contributed by atoms with Crippen LogP contribution in [0.3, 0.4) is 0 Å². The van der Waals surface area contributed by atoms with Gasteiger partial charge in [-0.05, 0) is 23.3 Å². The van der Waals surface area contributed by atoms with Gasteiger partial charge in [-0.3, -0.25) is 0 Å². The molecule has 0 aliphatic heterocycles. The summed E-state index contributed by atoms with van der Waals surface area (Å²) in [6.45, 7) is 0.0302. The van der Waals surface area contributed by atoms with Crippen LogP contribution in [-0.2, 0) is 16.1 Å². The van der Waals surface area contributed by atoms with Crippen LogP contribution in [0.5, 0.6) is 0 Å². The monoisotopic (exact) mass is 303 g/mol. The van der Waals surface area contributed by atoms with Crippen molar-refractivity contribution in [1.29, 1.82) is 0 Å². The van der Waals surface area contributed by atoms with E-state index in [0.717, 1.165) is 17.7 Å². The first-order valence-corrected chi connectivity index (χ1v) is 6.52. The summed E-state index contributed by atoms with van der Waals surface area (Å²) in [4.78, 5) is 22.9. The highest BCUT2D eigenvalue weighted by Gasteiger charge is 2.22. The summed E-state index contributed by atoms with van der Waals surface area (Å²) < 4.78 is 17.8. The first kappa shape index (κ1) is 15.5. The number of hydrogen-bond acceptors (Lipinski definition) is 3. The van der Waals surface area contributed by atoms with Gasteiger partial charge in [0.25, 0.3) is 0 Å². The van der Waals surface area contributed by atoms with E-state index in [-0.39, 0.29) is 12.2 Å². The molecular weight excluding hydrogens is 289 g/mol. The van der Waals surface area contributed by atoms with E-state index in [1.807, 2.05) is 6.07 Å². The molecule has 0 aliphatic carbocycles. The predicted molar refractivity (Wildman–Crippen MR) is 76.5 cm³/mol. The Morgan fingerprint density at radius 1 is 1.09 bits per heavy atom. The molecule has 0 heterocycles. The van der Waals surface area contributed by atoms with E-state index in [1.54, 1.807) is 24.3 Å². The van der Waals surface area contributed by atoms with E-state index >= 15 is 0 Å². The first-order valence-electron chi connectivity index (χ1n) is 6.52. The third-order valence-electron chi connectivity index (χ3n) is 2.93. The number of carbonyl (C=O) groups excluding carboxylic acids is 1. The molecule has 0 fully saturated rings. The molecule has 0 radical (unpaired) electrons. The molecule has 2 rings (SSSR count). The summed E-state index contributed by atoms with van der Waals surface area (Å²) >= 11 is 0. The molecule has 0 unspecified atom stereocenters. The standard InChI is InChI=1S/C16H14FNO4/c17-13-8-6-12(7-9-13)14(15(19)20)18-16(21)22-10-11-4-2-1-3-5-11/h1-9,14H,10H2,(H,18,21)(H,19,20)/t14-/m0/s1. The number of halogens is 1. The molecule has 6 heteroatoms. The number of aliphatic carboxylic acids is 1. The van der Waals surface area contributed by atoms with Crippen LogP contribution in [0, 0.1) is 5.82 Å². The molecule has 0 bridgehead atoms. The Bertz CT molecular complexity index is 643. The van der Waals surface area contributed by atoms with Gasteiger partial charge >= 0.3 is 12.1 Å². The van der Waals surface area contributed by atoms with Gasteiger partial charge in [0.15, 0.2) is 6.04 Å². The van der Waals surface area contributed by atoms with Gasteiger partial charge < -0.3 is 15.2 Å². The quantitative estimate of drug-likeness (QED) is 0.890. The van der Waals surface area contributed by atoms with Crippen LogP contribution in [0.25, 0.3) is 0 Å². The molecule has 22 heavy (non-hydrogen) atoms. The third kappa shape index (κ3) is 4.31. The molecule has 0 aliphatic rings. The van der Waals surface area contributed by atoms with Crippen LogP contribution < -0.4 is 5.32 Å². The van der Waals surface area contributed by atoms with Crippen molar-refractivity contribution < 1.29 is 23.8 Å². The fourth-order valence-corrected chi connectivity index (χ4v) is 1.83. The Hall–Kier alpha value is -2.89. The van der Waals surface area contributed by atoms with Crippen molar-refractivity contribution in [1.82, 2.24) is 5.32 Å². The summed E-state index contributed by atoms with van der Waals surface area (Å²) in [7, 11) is 0. The normalized spacial score (nSPS) is 11.5. The van der Waals surface area contributed by atoms with Crippen LogP contribution in [0.15, 0.2) is 54.6 Å². The number of amides is 1. The Kier molecular flexibility index (Phi) is 5.08. The molecule has 114 valence electrons. The fourth-order valence-electron chi connectivity index (χ4n) is 1.83. The minimum atomic E-state index is -1.30. The molecule has 0 aromatic heterocycles. The molecule has 5 nitrogen and oxygen atoms in total. The number of carboxylic acid groups (broad SMARTS) is 1. The van der Waals surface area contributed by atoms with Crippen molar-refractivity contribution in [3.63, 3.8) is 0 Å². The average Bonchev–Trinajstić information content (AvgIpc) is 2.52. The Morgan fingerprint density at radius 3 is 2.32 bits per heavy atom. The molecule has 1 atom stereocenters. The summed E-state index contributed by atoms with van der Waals surface area (Å²) in [5.41, 5.74) is 1.04. The molecule has 1 amide bonds. The molecule has 2 aromatic rings. The van der Waals surface area contributed by atoms with Crippen molar-refractivity contribution in [3.05, 3.63) is 71.5 Å². The molecule has 2 N–H and O–H groups in total. The molecule has 0 saturated carbocycles. The molecule has 0 spiro atoms. The molecule has 2 aromatic carbocycles. The zero-order valence-corrected chi connectivity index (χ0v) is 11.5. The van der Waals surface area contributed by atoms with Crippen LogP contribution >= 0.6 is 0 Å². The van der Waals surface area contributed by atoms with Gasteiger partial charge in [-0.1, -0.05) is 42.5 Å². The van der Waals surface area contributed by atoms with Crippen LogP contribution in [-0.4, -0.2) is 17.2 Å². The molecule has 0 saturated heterocycles.